The first kappa shape index (κ1) is 20.8. The van der Waals surface area contributed by atoms with Crippen LogP contribution in [-0.2, 0) is 23.0 Å². The van der Waals surface area contributed by atoms with E-state index < -0.39 is 10.0 Å². The van der Waals surface area contributed by atoms with E-state index in [2.05, 4.69) is 21.2 Å². The summed E-state index contributed by atoms with van der Waals surface area (Å²) >= 11 is 3.33. The average Bonchev–Trinajstić information content (AvgIpc) is 2.70. The Bertz CT molecular complexity index is 945. The number of methoxy groups -OCH3 is 1. The molecule has 0 fully saturated rings. The molecule has 0 saturated carbocycles. The zero-order valence-corrected chi connectivity index (χ0v) is 18.1. The lowest BCUT2D eigenvalue weighted by Crippen LogP contribution is -2.38. The number of halogens is 1. The summed E-state index contributed by atoms with van der Waals surface area (Å²) in [5.74, 6) is 0.598. The van der Waals surface area contributed by atoms with E-state index in [9.17, 15) is 13.2 Å². The van der Waals surface area contributed by atoms with Crippen LogP contribution in [0.15, 0.2) is 46.9 Å². The number of nitrogens with zero attached hydrogens (tertiary/aromatic N) is 1. The van der Waals surface area contributed by atoms with Crippen LogP contribution in [0.2, 0.25) is 0 Å². The summed E-state index contributed by atoms with van der Waals surface area (Å²) in [5.41, 5.74) is 2.70. The van der Waals surface area contributed by atoms with Crippen LogP contribution in [0.5, 0.6) is 5.75 Å². The van der Waals surface area contributed by atoms with E-state index >= 15 is 0 Å². The van der Waals surface area contributed by atoms with Crippen LogP contribution in [0.4, 0.5) is 0 Å². The molecule has 2 aromatic carbocycles. The minimum absolute atomic E-state index is 0.0130. The molecule has 3 rings (SSSR count). The minimum Gasteiger partial charge on any atom is -0.497 e. The summed E-state index contributed by atoms with van der Waals surface area (Å²) in [5, 5.41) is 2.77. The number of amides is 1. The van der Waals surface area contributed by atoms with Gasteiger partial charge in [-0.15, -0.1) is 0 Å². The summed E-state index contributed by atoms with van der Waals surface area (Å²) in [7, 11) is -1.74. The Labute approximate surface area is 174 Å². The molecule has 0 unspecified atom stereocenters. The molecule has 0 aliphatic carbocycles. The molecular weight excluding hydrogens is 444 g/mol. The normalized spacial score (nSPS) is 14.4. The fourth-order valence-electron chi connectivity index (χ4n) is 3.16. The van der Waals surface area contributed by atoms with Crippen molar-refractivity contribution >= 4 is 31.9 Å². The smallest absolute Gasteiger partial charge is 0.251 e. The van der Waals surface area contributed by atoms with Crippen molar-refractivity contribution < 1.29 is 17.9 Å². The summed E-state index contributed by atoms with van der Waals surface area (Å²) in [6.07, 6.45) is 1.04. The van der Waals surface area contributed by atoms with Gasteiger partial charge in [0.1, 0.15) is 5.75 Å². The van der Waals surface area contributed by atoms with Gasteiger partial charge in [-0.2, -0.15) is 4.31 Å². The van der Waals surface area contributed by atoms with Gasteiger partial charge in [-0.25, -0.2) is 8.42 Å². The Morgan fingerprint density at radius 3 is 2.64 bits per heavy atom. The highest BCUT2D eigenvalue weighted by atomic mass is 79.9. The molecule has 28 heavy (non-hydrogen) atoms. The standard InChI is InChI=1S/C20H23BrN2O4S/c1-27-19-8-5-17-14-23(11-9-16(17)13-19)28(25,26)12-2-10-22-20(24)15-3-6-18(21)7-4-15/h3-8,13H,2,9-12,14H2,1H3,(H,22,24). The molecule has 6 nitrogen and oxygen atoms in total. The van der Waals surface area contributed by atoms with Gasteiger partial charge < -0.3 is 10.1 Å². The lowest BCUT2D eigenvalue weighted by atomic mass is 10.0. The molecular formula is C20H23BrN2O4S. The number of benzene rings is 2. The molecule has 1 amide bonds. The predicted molar refractivity (Wildman–Crippen MR) is 112 cm³/mol. The van der Waals surface area contributed by atoms with Crippen LogP contribution in [0.3, 0.4) is 0 Å². The average molecular weight is 467 g/mol. The number of carbonyl (C=O) groups is 1. The Morgan fingerprint density at radius 2 is 1.93 bits per heavy atom. The second-order valence-corrected chi connectivity index (χ2v) is 9.65. The zero-order chi connectivity index (χ0) is 20.1. The van der Waals surface area contributed by atoms with Crippen molar-refractivity contribution in [1.29, 1.82) is 0 Å². The maximum Gasteiger partial charge on any atom is 0.251 e. The molecule has 1 N–H and O–H groups in total. The number of hydrogen-bond donors (Lipinski definition) is 1. The number of sulfonamides is 1. The van der Waals surface area contributed by atoms with Gasteiger partial charge in [0.2, 0.25) is 10.0 Å². The lowest BCUT2D eigenvalue weighted by molar-refractivity contribution is 0.0953. The number of nitrogens with one attached hydrogen (secondary N) is 1. The van der Waals surface area contributed by atoms with Gasteiger partial charge >= 0.3 is 0 Å². The van der Waals surface area contributed by atoms with Gasteiger partial charge in [0.05, 0.1) is 12.9 Å². The first-order valence-electron chi connectivity index (χ1n) is 9.06. The lowest BCUT2D eigenvalue weighted by Gasteiger charge is -2.28. The molecule has 1 aliphatic rings. The summed E-state index contributed by atoms with van der Waals surface area (Å²) in [6.45, 7) is 1.16. The second kappa shape index (κ2) is 9.07. The van der Waals surface area contributed by atoms with Crippen LogP contribution in [0.1, 0.15) is 27.9 Å². The molecule has 150 valence electrons. The number of carbonyl (C=O) groups excluding carboxylic acids is 1. The second-order valence-electron chi connectivity index (χ2n) is 6.65. The molecule has 8 heteroatoms. The predicted octanol–water partition coefficient (Wildman–Crippen LogP) is 2.97. The maximum atomic E-state index is 12.7. The first-order valence-corrected chi connectivity index (χ1v) is 11.5. The summed E-state index contributed by atoms with van der Waals surface area (Å²) in [6, 6.07) is 12.8. The SMILES string of the molecule is COc1ccc2c(c1)CCN(S(=O)(=O)CCCNC(=O)c1ccc(Br)cc1)C2. The molecule has 0 radical (unpaired) electrons. The highest BCUT2D eigenvalue weighted by Crippen LogP contribution is 2.25. The number of hydrogen-bond acceptors (Lipinski definition) is 4. The van der Waals surface area contributed by atoms with E-state index in [0.29, 0.717) is 38.0 Å². The van der Waals surface area contributed by atoms with Gasteiger partial charge in [-0.05, 0) is 60.4 Å². The minimum atomic E-state index is -3.37. The quantitative estimate of drug-likeness (QED) is 0.636. The Balaban J connectivity index is 1.50. The monoisotopic (exact) mass is 466 g/mol. The van der Waals surface area contributed by atoms with Crippen molar-refractivity contribution in [3.05, 3.63) is 63.6 Å². The van der Waals surface area contributed by atoms with Crippen molar-refractivity contribution in [1.82, 2.24) is 9.62 Å². The molecule has 2 aromatic rings. The Hall–Kier alpha value is -1.90. The van der Waals surface area contributed by atoms with Gasteiger partial charge in [0.25, 0.3) is 5.91 Å². The fourth-order valence-corrected chi connectivity index (χ4v) is 4.89. The fraction of sp³-hybridized carbons (Fsp3) is 0.350. The van der Waals surface area contributed by atoms with Crippen LogP contribution in [0.25, 0.3) is 0 Å². The zero-order valence-electron chi connectivity index (χ0n) is 15.7. The van der Waals surface area contributed by atoms with Crippen LogP contribution in [-0.4, -0.2) is 44.6 Å². The number of ether oxygens (including phenoxy) is 1. The van der Waals surface area contributed by atoms with Gasteiger partial charge in [-0.3, -0.25) is 4.79 Å². The van der Waals surface area contributed by atoms with E-state index in [1.54, 1.807) is 31.4 Å². The number of rotatable bonds is 7. The van der Waals surface area contributed by atoms with Crippen LogP contribution >= 0.6 is 15.9 Å². The molecule has 1 aliphatic heterocycles. The van der Waals surface area contributed by atoms with Crippen molar-refractivity contribution in [3.8, 4) is 5.75 Å². The van der Waals surface area contributed by atoms with Crippen LogP contribution in [0, 0.1) is 0 Å². The summed E-state index contributed by atoms with van der Waals surface area (Å²) < 4.78 is 33.0. The number of fused-ring (bicyclic) bond motifs is 1. The van der Waals surface area contributed by atoms with E-state index in [4.69, 9.17) is 4.74 Å². The highest BCUT2D eigenvalue weighted by molar-refractivity contribution is 9.10. The van der Waals surface area contributed by atoms with E-state index in [1.807, 2.05) is 18.2 Å². The summed E-state index contributed by atoms with van der Waals surface area (Å²) in [4.78, 5) is 12.1. The third-order valence-corrected chi connectivity index (χ3v) is 7.19. The van der Waals surface area contributed by atoms with Gasteiger partial charge in [0, 0.05) is 29.7 Å². The molecule has 0 aromatic heterocycles. The Morgan fingerprint density at radius 1 is 1.18 bits per heavy atom. The molecule has 0 saturated heterocycles. The molecule has 0 spiro atoms. The third kappa shape index (κ3) is 5.12. The third-order valence-electron chi connectivity index (χ3n) is 4.76. The highest BCUT2D eigenvalue weighted by Gasteiger charge is 2.26. The van der Waals surface area contributed by atoms with Gasteiger partial charge in [-0.1, -0.05) is 22.0 Å². The molecule has 0 atom stereocenters. The first-order chi connectivity index (χ1) is 13.4. The topological polar surface area (TPSA) is 75.7 Å². The Kier molecular flexibility index (Phi) is 6.74. The van der Waals surface area contributed by atoms with E-state index in [1.165, 1.54) is 4.31 Å². The molecule has 0 bridgehead atoms. The largest absolute Gasteiger partial charge is 0.497 e. The van der Waals surface area contributed by atoms with Crippen LogP contribution < -0.4 is 10.1 Å². The molecule has 1 heterocycles. The van der Waals surface area contributed by atoms with Gasteiger partial charge in [0.15, 0.2) is 0 Å². The van der Waals surface area contributed by atoms with Crippen molar-refractivity contribution in [3.63, 3.8) is 0 Å². The van der Waals surface area contributed by atoms with Crippen molar-refractivity contribution in [2.75, 3.05) is 26.0 Å². The van der Waals surface area contributed by atoms with Crippen molar-refractivity contribution in [2.24, 2.45) is 0 Å². The maximum absolute atomic E-state index is 12.7. The van der Waals surface area contributed by atoms with E-state index in [-0.39, 0.29) is 11.7 Å². The van der Waals surface area contributed by atoms with E-state index in [0.717, 1.165) is 21.3 Å². The van der Waals surface area contributed by atoms with Crippen molar-refractivity contribution in [2.45, 2.75) is 19.4 Å².